The van der Waals surface area contributed by atoms with Crippen LogP contribution in [0.4, 0.5) is 5.69 Å². The van der Waals surface area contributed by atoms with Crippen molar-refractivity contribution in [1.82, 2.24) is 4.90 Å². The van der Waals surface area contributed by atoms with Crippen LogP contribution in [-0.2, 0) is 4.79 Å². The maximum absolute atomic E-state index is 11.8. The largest absolute Gasteiger partial charge is 0.457 e. The minimum atomic E-state index is -0.489. The summed E-state index contributed by atoms with van der Waals surface area (Å²) in [5.41, 5.74) is 0.433. The molecule has 0 aliphatic carbocycles. The summed E-state index contributed by atoms with van der Waals surface area (Å²) in [6.45, 7) is 0. The van der Waals surface area contributed by atoms with Crippen LogP contribution in [0, 0.1) is 21.4 Å². The Labute approximate surface area is 132 Å². The zero-order chi connectivity index (χ0) is 17.0. The van der Waals surface area contributed by atoms with Crippen LogP contribution in [0.2, 0.25) is 0 Å². The molecule has 0 N–H and O–H groups in total. The quantitative estimate of drug-likeness (QED) is 0.374. The number of benzene rings is 1. The molecule has 7 heteroatoms. The standard InChI is InChI=1S/C16H13N3O4/c1-18(2)16(20)12(10-17)9-14-6-7-15(23-14)11-4-3-5-13(8-11)19(21)22/h3-9H,1-2H3/b12-9-. The maximum Gasteiger partial charge on any atom is 0.270 e. The van der Waals surface area contributed by atoms with Gasteiger partial charge in [-0.25, -0.2) is 0 Å². The number of amides is 1. The number of carbonyl (C=O) groups excluding carboxylic acids is 1. The molecule has 2 aromatic rings. The summed E-state index contributed by atoms with van der Waals surface area (Å²) in [4.78, 5) is 23.4. The monoisotopic (exact) mass is 311 g/mol. The summed E-state index contributed by atoms with van der Waals surface area (Å²) >= 11 is 0. The SMILES string of the molecule is CN(C)C(=O)/C(C#N)=C\c1ccc(-c2cccc([N+](=O)[O-])c2)o1. The van der Waals surface area contributed by atoms with E-state index in [1.54, 1.807) is 38.4 Å². The number of nitriles is 1. The fourth-order valence-electron chi connectivity index (χ4n) is 1.88. The first-order valence-corrected chi connectivity index (χ1v) is 6.60. The van der Waals surface area contributed by atoms with Crippen molar-refractivity contribution < 1.29 is 14.1 Å². The van der Waals surface area contributed by atoms with Crippen molar-refractivity contribution in [2.45, 2.75) is 0 Å². The molecule has 0 saturated heterocycles. The summed E-state index contributed by atoms with van der Waals surface area (Å²) in [5, 5.41) is 19.8. The van der Waals surface area contributed by atoms with Crippen LogP contribution in [-0.4, -0.2) is 29.8 Å². The van der Waals surface area contributed by atoms with Crippen molar-refractivity contribution in [3.05, 3.63) is 57.8 Å². The minimum Gasteiger partial charge on any atom is -0.457 e. The number of carbonyl (C=O) groups is 1. The van der Waals surface area contributed by atoms with Crippen LogP contribution >= 0.6 is 0 Å². The molecule has 116 valence electrons. The topological polar surface area (TPSA) is 100 Å². The van der Waals surface area contributed by atoms with Crippen LogP contribution < -0.4 is 0 Å². The predicted molar refractivity (Wildman–Crippen MR) is 83.1 cm³/mol. The third-order valence-corrected chi connectivity index (χ3v) is 3.01. The van der Waals surface area contributed by atoms with E-state index in [1.165, 1.54) is 23.1 Å². The molecular weight excluding hydrogens is 298 g/mol. The Morgan fingerprint density at radius 1 is 1.35 bits per heavy atom. The second-order valence-electron chi connectivity index (χ2n) is 4.88. The number of hydrogen-bond acceptors (Lipinski definition) is 5. The fraction of sp³-hybridized carbons (Fsp3) is 0.125. The molecular formula is C16H13N3O4. The van der Waals surface area contributed by atoms with E-state index in [2.05, 4.69) is 0 Å². The number of likely N-dealkylation sites (N-methyl/N-ethyl adjacent to an activating group) is 1. The highest BCUT2D eigenvalue weighted by Crippen LogP contribution is 2.26. The van der Waals surface area contributed by atoms with Gasteiger partial charge in [0.2, 0.25) is 0 Å². The third-order valence-electron chi connectivity index (χ3n) is 3.01. The van der Waals surface area contributed by atoms with E-state index in [4.69, 9.17) is 9.68 Å². The van der Waals surface area contributed by atoms with Crippen molar-refractivity contribution in [2.75, 3.05) is 14.1 Å². The van der Waals surface area contributed by atoms with Crippen LogP contribution in [0.15, 0.2) is 46.4 Å². The fourth-order valence-corrected chi connectivity index (χ4v) is 1.88. The molecule has 1 amide bonds. The Balaban J connectivity index is 2.34. The number of rotatable bonds is 4. The van der Waals surface area contributed by atoms with E-state index in [0.29, 0.717) is 17.1 Å². The molecule has 1 aromatic heterocycles. The Bertz CT molecular complexity index is 828. The van der Waals surface area contributed by atoms with Gasteiger partial charge in [-0.05, 0) is 12.1 Å². The molecule has 2 rings (SSSR count). The molecule has 0 unspecified atom stereocenters. The van der Waals surface area contributed by atoms with Gasteiger partial charge in [-0.3, -0.25) is 14.9 Å². The lowest BCUT2D eigenvalue weighted by atomic mass is 10.1. The Kier molecular flexibility index (Phi) is 4.57. The summed E-state index contributed by atoms with van der Waals surface area (Å²) in [6.07, 6.45) is 1.34. The van der Waals surface area contributed by atoms with Gasteiger partial charge in [-0.15, -0.1) is 0 Å². The van der Waals surface area contributed by atoms with Crippen molar-refractivity contribution in [3.8, 4) is 17.4 Å². The van der Waals surface area contributed by atoms with E-state index in [1.807, 2.05) is 6.07 Å². The van der Waals surface area contributed by atoms with Crippen molar-refractivity contribution in [3.63, 3.8) is 0 Å². The van der Waals surface area contributed by atoms with Gasteiger partial charge in [-0.1, -0.05) is 12.1 Å². The number of hydrogen-bond donors (Lipinski definition) is 0. The van der Waals surface area contributed by atoms with E-state index in [9.17, 15) is 14.9 Å². The van der Waals surface area contributed by atoms with E-state index < -0.39 is 10.8 Å². The van der Waals surface area contributed by atoms with Crippen LogP contribution in [0.5, 0.6) is 0 Å². The number of furan rings is 1. The lowest BCUT2D eigenvalue weighted by Gasteiger charge is -2.07. The molecule has 0 spiro atoms. The molecule has 1 heterocycles. The van der Waals surface area contributed by atoms with Gasteiger partial charge in [0, 0.05) is 37.9 Å². The van der Waals surface area contributed by atoms with Gasteiger partial charge in [0.15, 0.2) is 0 Å². The van der Waals surface area contributed by atoms with Crippen molar-refractivity contribution in [1.29, 1.82) is 5.26 Å². The molecule has 0 aliphatic heterocycles. The highest BCUT2D eigenvalue weighted by Gasteiger charge is 2.13. The minimum absolute atomic E-state index is 0.0449. The third kappa shape index (κ3) is 3.63. The molecule has 0 fully saturated rings. The first-order chi connectivity index (χ1) is 10.9. The molecule has 7 nitrogen and oxygen atoms in total. The van der Waals surface area contributed by atoms with Gasteiger partial charge in [0.25, 0.3) is 11.6 Å². The molecule has 0 aliphatic rings. The van der Waals surface area contributed by atoms with Crippen LogP contribution in [0.1, 0.15) is 5.76 Å². The predicted octanol–water partition coefficient (Wildman–Crippen LogP) is 2.85. The number of non-ortho nitro benzene ring substituents is 1. The van der Waals surface area contributed by atoms with E-state index in [-0.39, 0.29) is 11.3 Å². The van der Waals surface area contributed by atoms with Gasteiger partial charge >= 0.3 is 0 Å². The van der Waals surface area contributed by atoms with Gasteiger partial charge in [-0.2, -0.15) is 5.26 Å². The first kappa shape index (κ1) is 16.0. The second kappa shape index (κ2) is 6.58. The number of nitrogens with zero attached hydrogens (tertiary/aromatic N) is 3. The molecule has 0 saturated carbocycles. The molecule has 23 heavy (non-hydrogen) atoms. The highest BCUT2D eigenvalue weighted by molar-refractivity contribution is 6.01. The summed E-state index contributed by atoms with van der Waals surface area (Å²) in [7, 11) is 3.09. The number of nitro groups is 1. The van der Waals surface area contributed by atoms with Gasteiger partial charge < -0.3 is 9.32 Å². The van der Waals surface area contributed by atoms with Crippen molar-refractivity contribution in [2.24, 2.45) is 0 Å². The van der Waals surface area contributed by atoms with Crippen LogP contribution in [0.25, 0.3) is 17.4 Å². The van der Waals surface area contributed by atoms with E-state index in [0.717, 1.165) is 0 Å². The van der Waals surface area contributed by atoms with E-state index >= 15 is 0 Å². The second-order valence-corrected chi connectivity index (χ2v) is 4.88. The first-order valence-electron chi connectivity index (χ1n) is 6.60. The zero-order valence-corrected chi connectivity index (χ0v) is 12.5. The highest BCUT2D eigenvalue weighted by atomic mass is 16.6. The molecule has 0 bridgehead atoms. The Morgan fingerprint density at radius 2 is 2.09 bits per heavy atom. The smallest absolute Gasteiger partial charge is 0.270 e. The lowest BCUT2D eigenvalue weighted by molar-refractivity contribution is -0.384. The maximum atomic E-state index is 11.8. The zero-order valence-electron chi connectivity index (χ0n) is 12.5. The summed E-state index contributed by atoms with van der Waals surface area (Å²) in [6, 6.07) is 11.1. The molecule has 0 radical (unpaired) electrons. The lowest BCUT2D eigenvalue weighted by Crippen LogP contribution is -2.22. The van der Waals surface area contributed by atoms with Gasteiger partial charge in [0.1, 0.15) is 23.2 Å². The Hall–Kier alpha value is -3.40. The average molecular weight is 311 g/mol. The molecule has 0 atom stereocenters. The van der Waals surface area contributed by atoms with Crippen molar-refractivity contribution >= 4 is 17.7 Å². The molecule has 1 aromatic carbocycles. The summed E-state index contributed by atoms with van der Waals surface area (Å²) in [5.74, 6) is 0.300. The van der Waals surface area contributed by atoms with Gasteiger partial charge in [0.05, 0.1) is 4.92 Å². The Morgan fingerprint density at radius 3 is 2.70 bits per heavy atom. The number of nitro benzene ring substituents is 1. The van der Waals surface area contributed by atoms with Crippen LogP contribution in [0.3, 0.4) is 0 Å². The normalized spacial score (nSPS) is 10.9. The summed E-state index contributed by atoms with van der Waals surface area (Å²) < 4.78 is 5.55. The average Bonchev–Trinajstić information content (AvgIpc) is 3.00.